The summed E-state index contributed by atoms with van der Waals surface area (Å²) in [5, 5.41) is 0. The van der Waals surface area contributed by atoms with Crippen molar-refractivity contribution in [2.24, 2.45) is 39.9 Å². The van der Waals surface area contributed by atoms with Crippen molar-refractivity contribution in [1.82, 2.24) is 0 Å². The SMILES string of the molecule is CC(OC(=O)C(C)(C)C)C(=O)[C@H]1CC[C@H]2[C@@H]3CCC4=CC(=O)CC[C@]4(C)[C@H]3CC[C@]12C. The van der Waals surface area contributed by atoms with Crippen LogP contribution in [-0.2, 0) is 19.1 Å². The lowest BCUT2D eigenvalue weighted by atomic mass is 9.46. The van der Waals surface area contributed by atoms with E-state index in [0.717, 1.165) is 44.9 Å². The fourth-order valence-corrected chi connectivity index (χ4v) is 7.71. The maximum atomic E-state index is 13.4. The Bertz CT molecular complexity index is 818. The van der Waals surface area contributed by atoms with Gasteiger partial charge in [0.2, 0.25) is 0 Å². The summed E-state index contributed by atoms with van der Waals surface area (Å²) in [6.07, 6.45) is 9.36. The van der Waals surface area contributed by atoms with E-state index in [1.54, 1.807) is 6.92 Å². The van der Waals surface area contributed by atoms with E-state index in [-0.39, 0.29) is 28.5 Å². The van der Waals surface area contributed by atoms with Crippen molar-refractivity contribution in [3.05, 3.63) is 11.6 Å². The molecule has 1 unspecified atom stereocenters. The molecule has 0 radical (unpaired) electrons. The van der Waals surface area contributed by atoms with Crippen molar-refractivity contribution in [1.29, 1.82) is 0 Å². The second-order valence-corrected chi connectivity index (χ2v) is 12.3. The Morgan fingerprint density at radius 2 is 1.74 bits per heavy atom. The number of fused-ring (bicyclic) bond motifs is 5. The number of carbonyl (C=O) groups excluding carboxylic acids is 3. The summed E-state index contributed by atoms with van der Waals surface area (Å²) in [5.74, 6) is 1.93. The van der Waals surface area contributed by atoms with Crippen LogP contribution in [0.25, 0.3) is 0 Å². The highest BCUT2D eigenvalue weighted by molar-refractivity contribution is 5.91. The lowest BCUT2D eigenvalue weighted by molar-refractivity contribution is -0.164. The minimum absolute atomic E-state index is 0.00269. The molecule has 4 aliphatic carbocycles. The van der Waals surface area contributed by atoms with Crippen LogP contribution in [0.3, 0.4) is 0 Å². The van der Waals surface area contributed by atoms with Crippen LogP contribution < -0.4 is 0 Å². The van der Waals surface area contributed by atoms with Gasteiger partial charge in [-0.05, 0) is 107 Å². The lowest BCUT2D eigenvalue weighted by Crippen LogP contribution is -2.51. The first-order chi connectivity index (χ1) is 14.4. The number of ether oxygens (including phenoxy) is 1. The first-order valence-electron chi connectivity index (χ1n) is 12.4. The Labute approximate surface area is 187 Å². The average molecular weight is 429 g/mol. The number of ketones is 2. The lowest BCUT2D eigenvalue weighted by Gasteiger charge is -2.58. The summed E-state index contributed by atoms with van der Waals surface area (Å²) < 4.78 is 5.59. The van der Waals surface area contributed by atoms with E-state index in [2.05, 4.69) is 13.8 Å². The number of hydrogen-bond donors (Lipinski definition) is 0. The Balaban J connectivity index is 1.52. The molecule has 7 atom stereocenters. The number of Topliss-reactive ketones (excluding diaryl/α,β-unsaturated/α-hetero) is 1. The summed E-state index contributed by atoms with van der Waals surface area (Å²) in [6.45, 7) is 12.0. The molecule has 0 heterocycles. The van der Waals surface area contributed by atoms with Crippen molar-refractivity contribution in [3.8, 4) is 0 Å². The number of rotatable bonds is 3. The molecule has 3 fully saturated rings. The summed E-state index contributed by atoms with van der Waals surface area (Å²) in [4.78, 5) is 37.8. The number of esters is 1. The second-order valence-electron chi connectivity index (χ2n) is 12.3. The predicted molar refractivity (Wildman–Crippen MR) is 120 cm³/mol. The third-order valence-corrected chi connectivity index (χ3v) is 9.60. The zero-order valence-electron chi connectivity index (χ0n) is 20.3. The van der Waals surface area contributed by atoms with Crippen LogP contribution in [0.5, 0.6) is 0 Å². The van der Waals surface area contributed by atoms with Gasteiger partial charge in [0.15, 0.2) is 17.7 Å². The van der Waals surface area contributed by atoms with Crippen molar-refractivity contribution < 1.29 is 19.1 Å². The van der Waals surface area contributed by atoms with Crippen LogP contribution in [0.4, 0.5) is 0 Å². The van der Waals surface area contributed by atoms with Gasteiger partial charge in [-0.15, -0.1) is 0 Å². The summed E-state index contributed by atoms with van der Waals surface area (Å²) in [5.41, 5.74) is 0.958. The van der Waals surface area contributed by atoms with Crippen LogP contribution in [0.1, 0.15) is 92.9 Å². The van der Waals surface area contributed by atoms with Crippen molar-refractivity contribution in [3.63, 3.8) is 0 Å². The first-order valence-corrected chi connectivity index (χ1v) is 12.4. The Hall–Kier alpha value is -1.45. The minimum Gasteiger partial charge on any atom is -0.454 e. The molecule has 31 heavy (non-hydrogen) atoms. The standard InChI is InChI=1S/C27H40O4/c1-16(31-24(30)25(2,3)4)23(29)22-10-9-20-19-8-7-17-15-18(28)11-13-26(17,5)21(19)12-14-27(20,22)6/h15-16,19-22H,7-14H2,1-6H3/t16?,19-,20-,21-,22+,26-,27-/m0/s1. The van der Waals surface area contributed by atoms with Crippen molar-refractivity contribution in [2.45, 2.75) is 99.0 Å². The van der Waals surface area contributed by atoms with E-state index in [4.69, 9.17) is 4.74 Å². The summed E-state index contributed by atoms with van der Waals surface area (Å²) in [7, 11) is 0. The summed E-state index contributed by atoms with van der Waals surface area (Å²) in [6, 6.07) is 0. The highest BCUT2D eigenvalue weighted by atomic mass is 16.5. The number of carbonyl (C=O) groups is 3. The first kappa shape index (κ1) is 22.7. The van der Waals surface area contributed by atoms with Gasteiger partial charge >= 0.3 is 5.97 Å². The fourth-order valence-electron chi connectivity index (χ4n) is 7.71. The Morgan fingerprint density at radius 1 is 1.03 bits per heavy atom. The van der Waals surface area contributed by atoms with E-state index in [1.807, 2.05) is 26.8 Å². The molecule has 3 saturated carbocycles. The normalized spacial score (nSPS) is 40.8. The second kappa shape index (κ2) is 7.56. The molecule has 0 amide bonds. The van der Waals surface area contributed by atoms with E-state index in [9.17, 15) is 14.4 Å². The summed E-state index contributed by atoms with van der Waals surface area (Å²) >= 11 is 0. The fraction of sp³-hybridized carbons (Fsp3) is 0.815. The maximum absolute atomic E-state index is 13.4. The smallest absolute Gasteiger partial charge is 0.311 e. The van der Waals surface area contributed by atoms with Crippen LogP contribution in [0.15, 0.2) is 11.6 Å². The van der Waals surface area contributed by atoms with E-state index >= 15 is 0 Å². The van der Waals surface area contributed by atoms with Gasteiger partial charge in [-0.1, -0.05) is 19.4 Å². The molecule has 0 saturated heterocycles. The molecular formula is C27H40O4. The molecule has 4 aliphatic rings. The molecule has 4 nitrogen and oxygen atoms in total. The van der Waals surface area contributed by atoms with Gasteiger partial charge in [0, 0.05) is 12.3 Å². The van der Waals surface area contributed by atoms with Gasteiger partial charge in [0.05, 0.1) is 5.41 Å². The molecule has 4 heteroatoms. The van der Waals surface area contributed by atoms with Crippen LogP contribution in [0.2, 0.25) is 0 Å². The van der Waals surface area contributed by atoms with Gasteiger partial charge in [-0.25, -0.2) is 0 Å². The Kier molecular flexibility index (Phi) is 5.54. The van der Waals surface area contributed by atoms with E-state index in [1.165, 1.54) is 5.57 Å². The third kappa shape index (κ3) is 3.62. The molecule has 0 aliphatic heterocycles. The number of allylic oxidation sites excluding steroid dienone is 1. The van der Waals surface area contributed by atoms with Gasteiger partial charge in [0.25, 0.3) is 0 Å². The van der Waals surface area contributed by atoms with Gasteiger partial charge < -0.3 is 4.74 Å². The minimum atomic E-state index is -0.673. The zero-order valence-corrected chi connectivity index (χ0v) is 20.3. The predicted octanol–water partition coefficient (Wildman–Crippen LogP) is 5.68. The van der Waals surface area contributed by atoms with Gasteiger partial charge in [-0.2, -0.15) is 0 Å². The van der Waals surface area contributed by atoms with E-state index in [0.29, 0.717) is 30.0 Å². The monoisotopic (exact) mass is 428 g/mol. The quantitative estimate of drug-likeness (QED) is 0.543. The van der Waals surface area contributed by atoms with Crippen LogP contribution in [-0.4, -0.2) is 23.6 Å². The zero-order chi connectivity index (χ0) is 22.8. The molecule has 4 rings (SSSR count). The molecule has 0 aromatic carbocycles. The molecule has 0 spiro atoms. The molecular weight excluding hydrogens is 388 g/mol. The van der Waals surface area contributed by atoms with Crippen LogP contribution in [0, 0.1) is 39.9 Å². The largest absolute Gasteiger partial charge is 0.454 e. The highest BCUT2D eigenvalue weighted by Gasteiger charge is 2.60. The number of hydrogen-bond acceptors (Lipinski definition) is 4. The molecule has 0 bridgehead atoms. The average Bonchev–Trinajstić information content (AvgIpc) is 3.04. The molecule has 0 aromatic rings. The molecule has 0 N–H and O–H groups in total. The Morgan fingerprint density at radius 3 is 2.42 bits per heavy atom. The van der Waals surface area contributed by atoms with E-state index < -0.39 is 11.5 Å². The van der Waals surface area contributed by atoms with Crippen molar-refractivity contribution in [2.75, 3.05) is 0 Å². The molecule has 172 valence electrons. The molecule has 0 aromatic heterocycles. The highest BCUT2D eigenvalue weighted by Crippen LogP contribution is 2.66. The van der Waals surface area contributed by atoms with Gasteiger partial charge in [0.1, 0.15) is 0 Å². The topological polar surface area (TPSA) is 60.4 Å². The third-order valence-electron chi connectivity index (χ3n) is 9.60. The van der Waals surface area contributed by atoms with Gasteiger partial charge in [-0.3, -0.25) is 14.4 Å². The maximum Gasteiger partial charge on any atom is 0.311 e. The van der Waals surface area contributed by atoms with Crippen molar-refractivity contribution >= 4 is 17.5 Å². The van der Waals surface area contributed by atoms with Crippen LogP contribution >= 0.6 is 0 Å².